The number of amides is 1. The van der Waals surface area contributed by atoms with Crippen LogP contribution in [-0.4, -0.2) is 58.7 Å². The molecule has 0 radical (unpaired) electrons. The number of nitrogens with one attached hydrogen (secondary N) is 2. The topological polar surface area (TPSA) is 90.5 Å². The average molecular weight is 411 g/mol. The van der Waals surface area contributed by atoms with E-state index in [1.165, 1.54) is 4.90 Å². The Balaban J connectivity index is 1.65. The van der Waals surface area contributed by atoms with Gasteiger partial charge in [-0.05, 0) is 38.0 Å². The van der Waals surface area contributed by atoms with Crippen LogP contribution in [0.1, 0.15) is 31.1 Å². The Bertz CT molecular complexity index is 971. The number of hydrogen-bond donors (Lipinski definition) is 3. The maximum atomic E-state index is 12.1. The van der Waals surface area contributed by atoms with E-state index >= 15 is 0 Å². The number of nitrogens with zero attached hydrogens (tertiary/aromatic N) is 2. The quantitative estimate of drug-likeness (QED) is 0.505. The maximum absolute atomic E-state index is 12.1. The van der Waals surface area contributed by atoms with E-state index in [-0.39, 0.29) is 11.9 Å². The van der Waals surface area contributed by atoms with Crippen molar-refractivity contribution in [2.45, 2.75) is 38.5 Å². The third-order valence-electron chi connectivity index (χ3n) is 5.11. The van der Waals surface area contributed by atoms with Gasteiger partial charge in [0.25, 0.3) is 5.91 Å². The molecule has 2 heterocycles. The highest BCUT2D eigenvalue weighted by atomic mass is 16.5. The molecule has 0 saturated carbocycles. The van der Waals surface area contributed by atoms with Crippen LogP contribution in [0.3, 0.4) is 0 Å². The molecule has 2 aromatic heterocycles. The van der Waals surface area contributed by atoms with Gasteiger partial charge in [0, 0.05) is 56.2 Å². The number of carbonyl (C=O) groups is 1. The SMILES string of the molecule is C[C@H](Cc1c[nH]c2c(O[C@H](C)C(=O)N(C)C)cccc12)NC[C@H](O)c1cccnc1. The van der Waals surface area contributed by atoms with Crippen molar-refractivity contribution in [3.63, 3.8) is 0 Å². The van der Waals surface area contributed by atoms with Gasteiger partial charge in [-0.3, -0.25) is 9.78 Å². The zero-order valence-corrected chi connectivity index (χ0v) is 17.9. The minimum atomic E-state index is -0.597. The summed E-state index contributed by atoms with van der Waals surface area (Å²) in [6, 6.07) is 9.70. The fourth-order valence-corrected chi connectivity index (χ4v) is 3.46. The molecule has 3 atom stereocenters. The number of fused-ring (bicyclic) bond motifs is 1. The lowest BCUT2D eigenvalue weighted by Crippen LogP contribution is -2.35. The van der Waals surface area contributed by atoms with Crippen LogP contribution in [0.4, 0.5) is 0 Å². The Morgan fingerprint density at radius 2 is 2.07 bits per heavy atom. The van der Waals surface area contributed by atoms with Crippen LogP contribution < -0.4 is 10.1 Å². The van der Waals surface area contributed by atoms with E-state index in [9.17, 15) is 9.90 Å². The first-order valence-corrected chi connectivity index (χ1v) is 10.1. The number of hydrogen-bond acceptors (Lipinski definition) is 5. The Kier molecular flexibility index (Phi) is 7.07. The summed E-state index contributed by atoms with van der Waals surface area (Å²) in [6.45, 7) is 4.30. The van der Waals surface area contributed by atoms with E-state index in [1.54, 1.807) is 33.4 Å². The number of aromatic nitrogens is 2. The molecule has 0 unspecified atom stereocenters. The second-order valence-corrected chi connectivity index (χ2v) is 7.80. The van der Waals surface area contributed by atoms with Crippen molar-refractivity contribution in [1.82, 2.24) is 20.2 Å². The summed E-state index contributed by atoms with van der Waals surface area (Å²) in [5.74, 6) is 0.581. The number of H-pyrrole nitrogens is 1. The minimum Gasteiger partial charge on any atom is -0.479 e. The molecular weight excluding hydrogens is 380 g/mol. The van der Waals surface area contributed by atoms with Crippen LogP contribution in [0, 0.1) is 0 Å². The van der Waals surface area contributed by atoms with E-state index in [0.717, 1.165) is 28.5 Å². The summed E-state index contributed by atoms with van der Waals surface area (Å²) in [5.41, 5.74) is 2.83. The molecule has 3 aromatic rings. The van der Waals surface area contributed by atoms with Gasteiger partial charge in [0.1, 0.15) is 5.75 Å². The number of benzene rings is 1. The summed E-state index contributed by atoms with van der Waals surface area (Å²) in [4.78, 5) is 21.0. The molecule has 1 aromatic carbocycles. The van der Waals surface area contributed by atoms with Crippen molar-refractivity contribution in [3.8, 4) is 5.75 Å². The number of aromatic amines is 1. The van der Waals surface area contributed by atoms with Gasteiger partial charge in [0.15, 0.2) is 6.10 Å². The van der Waals surface area contributed by atoms with E-state index in [4.69, 9.17) is 4.74 Å². The molecule has 0 aliphatic heterocycles. The van der Waals surface area contributed by atoms with Crippen molar-refractivity contribution in [1.29, 1.82) is 0 Å². The first kappa shape index (κ1) is 21.8. The molecule has 160 valence electrons. The molecule has 3 rings (SSSR count). The predicted octanol–water partition coefficient (Wildman–Crippen LogP) is 2.67. The minimum absolute atomic E-state index is 0.0798. The van der Waals surface area contributed by atoms with Gasteiger partial charge in [0.05, 0.1) is 11.6 Å². The molecule has 0 fully saturated rings. The number of ether oxygens (including phenoxy) is 1. The number of aliphatic hydroxyl groups is 1. The van der Waals surface area contributed by atoms with Gasteiger partial charge in [-0.2, -0.15) is 0 Å². The third-order valence-corrected chi connectivity index (χ3v) is 5.11. The van der Waals surface area contributed by atoms with E-state index < -0.39 is 12.2 Å². The van der Waals surface area contributed by atoms with Gasteiger partial charge in [-0.25, -0.2) is 0 Å². The smallest absolute Gasteiger partial charge is 0.262 e. The molecule has 7 nitrogen and oxygen atoms in total. The Hall–Kier alpha value is -2.90. The summed E-state index contributed by atoms with van der Waals surface area (Å²) >= 11 is 0. The maximum Gasteiger partial charge on any atom is 0.262 e. The van der Waals surface area contributed by atoms with Crippen molar-refractivity contribution < 1.29 is 14.6 Å². The van der Waals surface area contributed by atoms with Crippen LogP contribution in [0.25, 0.3) is 10.9 Å². The normalized spacial score (nSPS) is 14.3. The fraction of sp³-hybridized carbons (Fsp3) is 0.391. The van der Waals surface area contributed by atoms with Crippen molar-refractivity contribution in [3.05, 3.63) is 60.0 Å². The van der Waals surface area contributed by atoms with Crippen LogP contribution in [0.5, 0.6) is 5.75 Å². The van der Waals surface area contributed by atoms with Gasteiger partial charge < -0.3 is 25.0 Å². The molecule has 0 saturated heterocycles. The summed E-state index contributed by atoms with van der Waals surface area (Å²) in [7, 11) is 3.43. The van der Waals surface area contributed by atoms with E-state index in [2.05, 4.69) is 22.2 Å². The number of aliphatic hydroxyl groups excluding tert-OH is 1. The van der Waals surface area contributed by atoms with Crippen molar-refractivity contribution >= 4 is 16.8 Å². The van der Waals surface area contributed by atoms with Gasteiger partial charge >= 0.3 is 0 Å². The Morgan fingerprint density at radius 3 is 2.77 bits per heavy atom. The molecule has 0 bridgehead atoms. The monoisotopic (exact) mass is 410 g/mol. The zero-order chi connectivity index (χ0) is 21.7. The largest absolute Gasteiger partial charge is 0.479 e. The first-order chi connectivity index (χ1) is 14.4. The molecule has 30 heavy (non-hydrogen) atoms. The summed E-state index contributed by atoms with van der Waals surface area (Å²) < 4.78 is 5.92. The Morgan fingerprint density at radius 1 is 1.27 bits per heavy atom. The predicted molar refractivity (Wildman–Crippen MR) is 117 cm³/mol. The van der Waals surface area contributed by atoms with Crippen LogP contribution in [0.15, 0.2) is 48.9 Å². The lowest BCUT2D eigenvalue weighted by Gasteiger charge is -2.19. The van der Waals surface area contributed by atoms with Crippen LogP contribution in [-0.2, 0) is 11.2 Å². The second kappa shape index (κ2) is 9.73. The van der Waals surface area contributed by atoms with Gasteiger partial charge in [0.2, 0.25) is 0 Å². The van der Waals surface area contributed by atoms with Gasteiger partial charge in [-0.15, -0.1) is 0 Å². The van der Waals surface area contributed by atoms with Crippen LogP contribution in [0.2, 0.25) is 0 Å². The number of rotatable bonds is 9. The highest BCUT2D eigenvalue weighted by Crippen LogP contribution is 2.29. The molecule has 7 heteroatoms. The van der Waals surface area contributed by atoms with Crippen molar-refractivity contribution in [2.24, 2.45) is 0 Å². The third kappa shape index (κ3) is 5.17. The van der Waals surface area contributed by atoms with Crippen LogP contribution >= 0.6 is 0 Å². The average Bonchev–Trinajstić information content (AvgIpc) is 3.15. The Labute approximate surface area is 177 Å². The second-order valence-electron chi connectivity index (χ2n) is 7.80. The molecule has 0 aliphatic rings. The van der Waals surface area contributed by atoms with E-state index in [0.29, 0.717) is 12.3 Å². The zero-order valence-electron chi connectivity index (χ0n) is 17.9. The highest BCUT2D eigenvalue weighted by molar-refractivity contribution is 5.89. The summed E-state index contributed by atoms with van der Waals surface area (Å²) in [5, 5.41) is 14.8. The lowest BCUT2D eigenvalue weighted by atomic mass is 10.1. The number of para-hydroxylation sites is 1. The van der Waals surface area contributed by atoms with Gasteiger partial charge in [-0.1, -0.05) is 18.2 Å². The summed E-state index contributed by atoms with van der Waals surface area (Å²) in [6.07, 6.45) is 4.98. The molecule has 1 amide bonds. The number of pyridine rings is 1. The molecule has 0 spiro atoms. The number of likely N-dealkylation sites (N-methyl/N-ethyl adjacent to an activating group) is 1. The molecule has 3 N–H and O–H groups in total. The highest BCUT2D eigenvalue weighted by Gasteiger charge is 2.19. The fourth-order valence-electron chi connectivity index (χ4n) is 3.46. The first-order valence-electron chi connectivity index (χ1n) is 10.1. The van der Waals surface area contributed by atoms with Crippen molar-refractivity contribution in [2.75, 3.05) is 20.6 Å². The molecular formula is C23H30N4O3. The lowest BCUT2D eigenvalue weighted by molar-refractivity contribution is -0.135. The number of carbonyl (C=O) groups excluding carboxylic acids is 1. The molecule has 0 aliphatic carbocycles. The van der Waals surface area contributed by atoms with E-state index in [1.807, 2.05) is 36.5 Å². The standard InChI is InChI=1S/C23H30N4O3/c1-15(25-14-20(28)17-7-6-10-24-12-17)11-18-13-26-22-19(18)8-5-9-21(22)30-16(2)23(29)27(3)4/h5-10,12-13,15-16,20,25-26,28H,11,14H2,1-4H3/t15-,16-,20+/m1/s1.